The van der Waals surface area contributed by atoms with Gasteiger partial charge in [0.05, 0.1) is 11.6 Å². The van der Waals surface area contributed by atoms with E-state index in [0.29, 0.717) is 10.9 Å². The molecule has 2 aromatic rings. The second kappa shape index (κ2) is 9.42. The van der Waals surface area contributed by atoms with Gasteiger partial charge in [-0.05, 0) is 48.6 Å². The lowest BCUT2D eigenvalue weighted by atomic mass is 10.00. The van der Waals surface area contributed by atoms with Crippen LogP contribution in [-0.4, -0.2) is 18.4 Å². The molecule has 6 heteroatoms. The third-order valence-corrected chi connectivity index (χ3v) is 4.30. The van der Waals surface area contributed by atoms with E-state index in [2.05, 4.69) is 31.3 Å². The lowest BCUT2D eigenvalue weighted by Gasteiger charge is -2.16. The molecule has 1 atom stereocenters. The summed E-state index contributed by atoms with van der Waals surface area (Å²) in [5, 5.41) is 3.27. The van der Waals surface area contributed by atoms with Crippen LogP contribution in [0.25, 0.3) is 0 Å². The largest absolute Gasteiger partial charge is 0.483 e. The maximum absolute atomic E-state index is 12.2. The highest BCUT2D eigenvalue weighted by atomic mass is 35.5. The highest BCUT2D eigenvalue weighted by molar-refractivity contribution is 6.30. The minimum Gasteiger partial charge on any atom is -0.483 e. The van der Waals surface area contributed by atoms with Crippen molar-refractivity contribution in [1.29, 1.82) is 0 Å². The number of carbonyl (C=O) groups excluding carboxylic acids is 2. The second-order valence-electron chi connectivity index (χ2n) is 6.92. The zero-order valence-electron chi connectivity index (χ0n) is 15.8. The quantitative estimate of drug-likeness (QED) is 0.719. The van der Waals surface area contributed by atoms with Gasteiger partial charge in [0.2, 0.25) is 0 Å². The standard InChI is InChI=1S/C21H25ClN2O3/c1-13(2)10-15-4-6-16(7-5-15)14(3)24-20(25)12-27-19-11-17(22)8-9-18(19)21(23)26/h4-9,11,13-14H,10,12H2,1-3H3,(H2,23,26)(H,24,25). The van der Waals surface area contributed by atoms with Gasteiger partial charge in [-0.3, -0.25) is 9.59 Å². The number of halogens is 1. The lowest BCUT2D eigenvalue weighted by molar-refractivity contribution is -0.123. The summed E-state index contributed by atoms with van der Waals surface area (Å²) in [5.41, 5.74) is 7.77. The molecule has 2 rings (SSSR count). The van der Waals surface area contributed by atoms with Gasteiger partial charge in [0.1, 0.15) is 5.75 Å². The molecule has 0 aliphatic carbocycles. The Labute approximate surface area is 164 Å². The van der Waals surface area contributed by atoms with E-state index in [4.69, 9.17) is 22.1 Å². The van der Waals surface area contributed by atoms with Crippen LogP contribution >= 0.6 is 11.6 Å². The Kier molecular flexibility index (Phi) is 7.25. The van der Waals surface area contributed by atoms with Crippen molar-refractivity contribution >= 4 is 23.4 Å². The van der Waals surface area contributed by atoms with E-state index in [1.54, 1.807) is 6.07 Å². The maximum Gasteiger partial charge on any atom is 0.258 e. The fourth-order valence-electron chi connectivity index (χ4n) is 2.74. The van der Waals surface area contributed by atoms with Crippen molar-refractivity contribution in [2.24, 2.45) is 11.7 Å². The number of amides is 2. The molecule has 0 aromatic heterocycles. The maximum atomic E-state index is 12.2. The van der Waals surface area contributed by atoms with Crippen LogP contribution < -0.4 is 15.8 Å². The van der Waals surface area contributed by atoms with Crippen molar-refractivity contribution < 1.29 is 14.3 Å². The molecule has 0 saturated carbocycles. The minimum atomic E-state index is -0.642. The Morgan fingerprint density at radius 3 is 2.37 bits per heavy atom. The molecule has 27 heavy (non-hydrogen) atoms. The van der Waals surface area contributed by atoms with Crippen molar-refractivity contribution in [3.63, 3.8) is 0 Å². The Hall–Kier alpha value is -2.53. The number of carbonyl (C=O) groups is 2. The first-order valence-electron chi connectivity index (χ1n) is 8.86. The predicted octanol–water partition coefficient (Wildman–Crippen LogP) is 3.89. The summed E-state index contributed by atoms with van der Waals surface area (Å²) >= 11 is 5.91. The van der Waals surface area contributed by atoms with Gasteiger partial charge in [0.25, 0.3) is 11.8 Å². The molecule has 144 valence electrons. The van der Waals surface area contributed by atoms with Crippen molar-refractivity contribution in [2.45, 2.75) is 33.2 Å². The number of hydrogen-bond acceptors (Lipinski definition) is 3. The molecule has 1 unspecified atom stereocenters. The molecule has 0 aliphatic heterocycles. The normalized spacial score (nSPS) is 11.9. The van der Waals surface area contributed by atoms with E-state index in [1.807, 2.05) is 19.1 Å². The van der Waals surface area contributed by atoms with Gasteiger partial charge < -0.3 is 15.8 Å². The molecular weight excluding hydrogens is 364 g/mol. The smallest absolute Gasteiger partial charge is 0.258 e. The van der Waals surface area contributed by atoms with Crippen LogP contribution in [0.4, 0.5) is 0 Å². The Morgan fingerprint density at radius 1 is 1.11 bits per heavy atom. The average molecular weight is 389 g/mol. The molecule has 2 aromatic carbocycles. The zero-order chi connectivity index (χ0) is 20.0. The molecular formula is C21H25ClN2O3. The number of primary amides is 1. The third kappa shape index (κ3) is 6.29. The minimum absolute atomic E-state index is 0.163. The van der Waals surface area contributed by atoms with Crippen LogP contribution in [0.2, 0.25) is 5.02 Å². The summed E-state index contributed by atoms with van der Waals surface area (Å²) in [6.45, 7) is 6.03. The summed E-state index contributed by atoms with van der Waals surface area (Å²) in [5.74, 6) is -0.154. The molecule has 0 aliphatic rings. The summed E-state index contributed by atoms with van der Waals surface area (Å²) in [4.78, 5) is 23.6. The van der Waals surface area contributed by atoms with Gasteiger partial charge in [-0.2, -0.15) is 0 Å². The Balaban J connectivity index is 1.94. The summed E-state index contributed by atoms with van der Waals surface area (Å²) < 4.78 is 5.44. The first-order chi connectivity index (χ1) is 12.8. The van der Waals surface area contributed by atoms with Crippen molar-refractivity contribution in [3.8, 4) is 5.75 Å². The van der Waals surface area contributed by atoms with Crippen molar-refractivity contribution in [3.05, 3.63) is 64.2 Å². The van der Waals surface area contributed by atoms with Crippen molar-refractivity contribution in [2.75, 3.05) is 6.61 Å². The molecule has 0 radical (unpaired) electrons. The predicted molar refractivity (Wildman–Crippen MR) is 107 cm³/mol. The molecule has 5 nitrogen and oxygen atoms in total. The Bertz CT molecular complexity index is 804. The first-order valence-corrected chi connectivity index (χ1v) is 9.24. The van der Waals surface area contributed by atoms with Gasteiger partial charge in [-0.25, -0.2) is 0 Å². The highest BCUT2D eigenvalue weighted by Gasteiger charge is 2.14. The molecule has 2 amide bonds. The lowest BCUT2D eigenvalue weighted by Crippen LogP contribution is -2.31. The summed E-state index contributed by atoms with van der Waals surface area (Å²) in [6.07, 6.45) is 1.02. The molecule has 0 heterocycles. The molecule has 3 N–H and O–H groups in total. The van der Waals surface area contributed by atoms with Crippen LogP contribution in [-0.2, 0) is 11.2 Å². The SMILES string of the molecule is CC(C)Cc1ccc(C(C)NC(=O)COc2cc(Cl)ccc2C(N)=O)cc1. The van der Waals surface area contributed by atoms with Gasteiger partial charge >= 0.3 is 0 Å². The summed E-state index contributed by atoms with van der Waals surface area (Å²) in [6, 6.07) is 12.5. The van der Waals surface area contributed by atoms with Crippen molar-refractivity contribution in [1.82, 2.24) is 5.32 Å². The van der Waals surface area contributed by atoms with Gasteiger partial charge in [0.15, 0.2) is 6.61 Å². The van der Waals surface area contributed by atoms with E-state index < -0.39 is 5.91 Å². The van der Waals surface area contributed by atoms with E-state index in [0.717, 1.165) is 12.0 Å². The highest BCUT2D eigenvalue weighted by Crippen LogP contribution is 2.23. The zero-order valence-corrected chi connectivity index (χ0v) is 16.5. The van der Waals surface area contributed by atoms with Crippen LogP contribution in [0.3, 0.4) is 0 Å². The number of rotatable bonds is 8. The van der Waals surface area contributed by atoms with Crippen LogP contribution in [0.5, 0.6) is 5.75 Å². The topological polar surface area (TPSA) is 81.4 Å². The number of ether oxygens (including phenoxy) is 1. The van der Waals surface area contributed by atoms with E-state index >= 15 is 0 Å². The molecule has 0 spiro atoms. The number of benzene rings is 2. The van der Waals surface area contributed by atoms with E-state index in [9.17, 15) is 9.59 Å². The number of nitrogens with two attached hydrogens (primary N) is 1. The fourth-order valence-corrected chi connectivity index (χ4v) is 2.90. The molecule has 0 bridgehead atoms. The third-order valence-electron chi connectivity index (χ3n) is 4.07. The van der Waals surface area contributed by atoms with E-state index in [-0.39, 0.29) is 29.9 Å². The number of nitrogens with one attached hydrogen (secondary N) is 1. The fraction of sp³-hybridized carbons (Fsp3) is 0.333. The number of hydrogen-bond donors (Lipinski definition) is 2. The monoisotopic (exact) mass is 388 g/mol. The molecule has 0 fully saturated rings. The van der Waals surface area contributed by atoms with Gasteiger partial charge in [-0.15, -0.1) is 0 Å². The van der Waals surface area contributed by atoms with Gasteiger partial charge in [-0.1, -0.05) is 49.7 Å². The van der Waals surface area contributed by atoms with Crippen LogP contribution in [0.15, 0.2) is 42.5 Å². The Morgan fingerprint density at radius 2 is 1.78 bits per heavy atom. The average Bonchev–Trinajstić information content (AvgIpc) is 2.59. The molecule has 0 saturated heterocycles. The second-order valence-corrected chi connectivity index (χ2v) is 7.36. The van der Waals surface area contributed by atoms with Crippen LogP contribution in [0, 0.1) is 5.92 Å². The summed E-state index contributed by atoms with van der Waals surface area (Å²) in [7, 11) is 0. The van der Waals surface area contributed by atoms with E-state index in [1.165, 1.54) is 17.7 Å². The first kappa shape index (κ1) is 20.8. The van der Waals surface area contributed by atoms with Gasteiger partial charge in [0, 0.05) is 5.02 Å². The van der Waals surface area contributed by atoms with Crippen LogP contribution in [0.1, 0.15) is 48.3 Å².